The maximum absolute atomic E-state index is 13.7. The number of hydrogen-bond donors (Lipinski definition) is 2. The molecule has 4 rings (SSSR count). The van der Waals surface area contributed by atoms with Crippen LogP contribution in [0.25, 0.3) is 11.3 Å². The number of ether oxygens (including phenoxy) is 1. The molecule has 0 spiro atoms. The van der Waals surface area contributed by atoms with Crippen molar-refractivity contribution in [2.24, 2.45) is 11.5 Å². The minimum atomic E-state index is -4.87. The van der Waals surface area contributed by atoms with Gasteiger partial charge in [-0.05, 0) is 35.9 Å². The van der Waals surface area contributed by atoms with E-state index in [-0.39, 0.29) is 11.3 Å². The number of benzene rings is 1. The molecule has 0 aliphatic carbocycles. The number of fused-ring (bicyclic) bond motifs is 1. The zero-order valence-electron chi connectivity index (χ0n) is 14.2. The lowest BCUT2D eigenvalue weighted by atomic mass is 9.82. The number of nitrogens with two attached hydrogens (primary N) is 2. The summed E-state index contributed by atoms with van der Waals surface area (Å²) in [7, 11) is 0. The number of halogens is 4. The average molecular weight is 390 g/mol. The monoisotopic (exact) mass is 390 g/mol. The number of pyridine rings is 2. The fourth-order valence-electron chi connectivity index (χ4n) is 3.30. The van der Waals surface area contributed by atoms with Crippen molar-refractivity contribution >= 4 is 0 Å². The Morgan fingerprint density at radius 2 is 1.75 bits per heavy atom. The summed E-state index contributed by atoms with van der Waals surface area (Å²) in [5.74, 6) is -1.12. The summed E-state index contributed by atoms with van der Waals surface area (Å²) in [5, 5.41) is 0. The summed E-state index contributed by atoms with van der Waals surface area (Å²) >= 11 is 0. The van der Waals surface area contributed by atoms with Crippen molar-refractivity contribution < 1.29 is 22.3 Å². The molecule has 144 valence electrons. The van der Waals surface area contributed by atoms with E-state index in [2.05, 4.69) is 9.97 Å². The second-order valence-corrected chi connectivity index (χ2v) is 6.37. The predicted octanol–water partition coefficient (Wildman–Crippen LogP) is 3.18. The van der Waals surface area contributed by atoms with Crippen LogP contribution >= 0.6 is 0 Å². The van der Waals surface area contributed by atoms with Gasteiger partial charge >= 0.3 is 6.18 Å². The largest absolute Gasteiger partial charge is 0.470 e. The fraction of sp³-hybridized carbons (Fsp3) is 0.158. The first-order chi connectivity index (χ1) is 13.2. The number of rotatable bonds is 2. The van der Waals surface area contributed by atoms with Crippen LogP contribution in [0.4, 0.5) is 17.6 Å². The van der Waals surface area contributed by atoms with Gasteiger partial charge in [0.1, 0.15) is 17.1 Å². The first-order valence-corrected chi connectivity index (χ1v) is 8.21. The Labute approximate surface area is 157 Å². The third kappa shape index (κ3) is 2.71. The van der Waals surface area contributed by atoms with Gasteiger partial charge in [0.05, 0.1) is 5.56 Å². The highest BCUT2D eigenvalue weighted by molar-refractivity contribution is 5.71. The van der Waals surface area contributed by atoms with E-state index in [0.29, 0.717) is 22.9 Å². The summed E-state index contributed by atoms with van der Waals surface area (Å²) in [6.45, 7) is 0. The quantitative estimate of drug-likeness (QED) is 0.657. The van der Waals surface area contributed by atoms with Gasteiger partial charge in [0.15, 0.2) is 12.0 Å². The molecule has 1 aromatic carbocycles. The molecule has 0 radical (unpaired) electrons. The molecule has 3 heterocycles. The molecule has 2 aromatic heterocycles. The highest BCUT2D eigenvalue weighted by atomic mass is 19.4. The van der Waals surface area contributed by atoms with Crippen molar-refractivity contribution in [1.29, 1.82) is 0 Å². The van der Waals surface area contributed by atoms with E-state index >= 15 is 0 Å². The zero-order chi connectivity index (χ0) is 20.1. The minimum absolute atomic E-state index is 0.0145. The van der Waals surface area contributed by atoms with Gasteiger partial charge in [0, 0.05) is 29.7 Å². The highest BCUT2D eigenvalue weighted by Gasteiger charge is 2.48. The van der Waals surface area contributed by atoms with E-state index in [4.69, 9.17) is 16.2 Å². The standard InChI is InChI=1S/C19H14F4N4O/c20-14-2-1-11(9-13(14)19(21,22)23)18(25)12-5-8-27-15(16(12)28-17(18)24)10-3-6-26-7-4-10/h1-9,17H,24-25H2. The number of nitrogens with zero attached hydrogens (tertiary/aromatic N) is 2. The molecule has 1 aliphatic rings. The van der Waals surface area contributed by atoms with E-state index in [1.54, 1.807) is 24.5 Å². The topological polar surface area (TPSA) is 87.0 Å². The molecular formula is C19H14F4N4O. The lowest BCUT2D eigenvalue weighted by Gasteiger charge is -2.28. The van der Waals surface area contributed by atoms with Crippen LogP contribution in [0.3, 0.4) is 0 Å². The average Bonchev–Trinajstić information content (AvgIpc) is 2.93. The summed E-state index contributed by atoms with van der Waals surface area (Å²) in [6.07, 6.45) is -1.47. The lowest BCUT2D eigenvalue weighted by Crippen LogP contribution is -2.52. The van der Waals surface area contributed by atoms with E-state index < -0.39 is 29.3 Å². The van der Waals surface area contributed by atoms with Crippen molar-refractivity contribution in [2.75, 3.05) is 0 Å². The Balaban J connectivity index is 1.90. The summed E-state index contributed by atoms with van der Waals surface area (Å²) < 4.78 is 58.9. The molecule has 28 heavy (non-hydrogen) atoms. The molecule has 0 bridgehead atoms. The molecule has 0 amide bonds. The molecule has 0 saturated carbocycles. The van der Waals surface area contributed by atoms with Crippen LogP contribution in [0.1, 0.15) is 16.7 Å². The van der Waals surface area contributed by atoms with E-state index in [0.717, 1.165) is 6.07 Å². The van der Waals surface area contributed by atoms with Gasteiger partial charge in [-0.15, -0.1) is 0 Å². The maximum atomic E-state index is 13.7. The van der Waals surface area contributed by atoms with Crippen molar-refractivity contribution in [3.8, 4) is 17.0 Å². The summed E-state index contributed by atoms with van der Waals surface area (Å²) in [4.78, 5) is 8.22. The van der Waals surface area contributed by atoms with Crippen molar-refractivity contribution in [3.63, 3.8) is 0 Å². The van der Waals surface area contributed by atoms with Gasteiger partial charge in [-0.25, -0.2) is 4.39 Å². The zero-order valence-corrected chi connectivity index (χ0v) is 14.2. The van der Waals surface area contributed by atoms with Crippen LogP contribution in [-0.4, -0.2) is 16.2 Å². The summed E-state index contributed by atoms with van der Waals surface area (Å²) in [5.41, 5.74) is 11.0. The van der Waals surface area contributed by atoms with Gasteiger partial charge in [0.25, 0.3) is 0 Å². The van der Waals surface area contributed by atoms with Gasteiger partial charge in [0.2, 0.25) is 0 Å². The number of hydrogen-bond acceptors (Lipinski definition) is 5. The first kappa shape index (κ1) is 18.3. The van der Waals surface area contributed by atoms with Crippen LogP contribution in [0.15, 0.2) is 55.0 Å². The fourth-order valence-corrected chi connectivity index (χ4v) is 3.30. The maximum Gasteiger partial charge on any atom is 0.419 e. The molecule has 0 fully saturated rings. The Kier molecular flexibility index (Phi) is 4.09. The van der Waals surface area contributed by atoms with E-state index in [1.165, 1.54) is 18.3 Å². The summed E-state index contributed by atoms with van der Waals surface area (Å²) in [6, 6.07) is 7.50. The van der Waals surface area contributed by atoms with Crippen LogP contribution in [0, 0.1) is 5.82 Å². The Morgan fingerprint density at radius 3 is 2.43 bits per heavy atom. The van der Waals surface area contributed by atoms with Crippen LogP contribution < -0.4 is 16.2 Å². The first-order valence-electron chi connectivity index (χ1n) is 8.21. The Bertz CT molecular complexity index is 1040. The Hall–Kier alpha value is -3.04. The second-order valence-electron chi connectivity index (χ2n) is 6.37. The molecule has 2 atom stereocenters. The molecule has 0 saturated heterocycles. The highest BCUT2D eigenvalue weighted by Crippen LogP contribution is 2.47. The van der Waals surface area contributed by atoms with Crippen LogP contribution in [0.2, 0.25) is 0 Å². The molecule has 3 aromatic rings. The third-order valence-corrected chi connectivity index (χ3v) is 4.75. The second kappa shape index (κ2) is 6.25. The smallest absolute Gasteiger partial charge is 0.419 e. The molecule has 2 unspecified atom stereocenters. The minimum Gasteiger partial charge on any atom is -0.470 e. The molecule has 1 aliphatic heterocycles. The van der Waals surface area contributed by atoms with Gasteiger partial charge < -0.3 is 10.5 Å². The molecule has 4 N–H and O–H groups in total. The number of alkyl halides is 3. The normalized spacial score (nSPS) is 21.3. The number of aromatic nitrogens is 2. The van der Waals surface area contributed by atoms with Gasteiger partial charge in [-0.1, -0.05) is 6.07 Å². The van der Waals surface area contributed by atoms with Crippen molar-refractivity contribution in [3.05, 3.63) is 77.5 Å². The Morgan fingerprint density at radius 1 is 1.04 bits per heavy atom. The molecule has 5 nitrogen and oxygen atoms in total. The molecular weight excluding hydrogens is 376 g/mol. The van der Waals surface area contributed by atoms with Crippen molar-refractivity contribution in [2.45, 2.75) is 17.9 Å². The molecule has 9 heteroatoms. The van der Waals surface area contributed by atoms with E-state index in [1.807, 2.05) is 0 Å². The lowest BCUT2D eigenvalue weighted by molar-refractivity contribution is -0.140. The van der Waals surface area contributed by atoms with E-state index in [9.17, 15) is 17.6 Å². The van der Waals surface area contributed by atoms with Gasteiger partial charge in [-0.2, -0.15) is 13.2 Å². The van der Waals surface area contributed by atoms with Gasteiger partial charge in [-0.3, -0.25) is 15.7 Å². The predicted molar refractivity (Wildman–Crippen MR) is 92.4 cm³/mol. The van der Waals surface area contributed by atoms with Crippen LogP contribution in [0.5, 0.6) is 5.75 Å². The van der Waals surface area contributed by atoms with Crippen molar-refractivity contribution in [1.82, 2.24) is 9.97 Å². The SMILES string of the molecule is NC1Oc2c(ccnc2-c2ccncc2)C1(N)c1ccc(F)c(C(F)(F)F)c1. The van der Waals surface area contributed by atoms with Crippen LogP contribution in [-0.2, 0) is 11.7 Å². The third-order valence-electron chi connectivity index (χ3n) is 4.75.